The molecule has 2 aromatic carbocycles. The molecule has 1 saturated heterocycles. The van der Waals surface area contributed by atoms with Crippen molar-refractivity contribution >= 4 is 29.4 Å². The van der Waals surface area contributed by atoms with E-state index in [1.807, 2.05) is 23.1 Å². The Labute approximate surface area is 174 Å². The van der Waals surface area contributed by atoms with Crippen molar-refractivity contribution in [1.82, 2.24) is 15.1 Å². The molecule has 29 heavy (non-hydrogen) atoms. The van der Waals surface area contributed by atoms with E-state index in [0.29, 0.717) is 38.4 Å². The maximum Gasteiger partial charge on any atom is 0.317 e. The van der Waals surface area contributed by atoms with E-state index in [1.165, 1.54) is 29.2 Å². The van der Waals surface area contributed by atoms with Crippen molar-refractivity contribution in [2.45, 2.75) is 4.90 Å². The zero-order valence-electron chi connectivity index (χ0n) is 16.1. The van der Waals surface area contributed by atoms with Gasteiger partial charge in [-0.1, -0.05) is 18.2 Å². The molecule has 6 nitrogen and oxygen atoms in total. The lowest BCUT2D eigenvalue weighted by Crippen LogP contribution is -2.53. The molecule has 2 aromatic rings. The largest absolute Gasteiger partial charge is 0.337 e. The number of urea groups is 1. The molecule has 3 amide bonds. The van der Waals surface area contributed by atoms with Gasteiger partial charge in [-0.05, 0) is 36.4 Å². The highest BCUT2D eigenvalue weighted by atomic mass is 32.2. The van der Waals surface area contributed by atoms with Crippen LogP contribution < -0.4 is 10.6 Å². The van der Waals surface area contributed by atoms with Gasteiger partial charge < -0.3 is 15.5 Å². The topological polar surface area (TPSA) is 64.7 Å². The van der Waals surface area contributed by atoms with E-state index < -0.39 is 0 Å². The number of amides is 3. The number of hydrogen-bond donors (Lipinski definition) is 2. The molecular weight excluding hydrogens is 391 g/mol. The number of rotatable bonds is 7. The molecule has 0 atom stereocenters. The summed E-state index contributed by atoms with van der Waals surface area (Å²) in [5.41, 5.74) is 0.572. The van der Waals surface area contributed by atoms with Crippen LogP contribution in [0.4, 0.5) is 14.9 Å². The Morgan fingerprint density at radius 3 is 2.34 bits per heavy atom. The lowest BCUT2D eigenvalue weighted by Gasteiger charge is -2.34. The fourth-order valence-electron chi connectivity index (χ4n) is 3.00. The molecule has 2 N–H and O–H groups in total. The number of hydrogen-bond acceptors (Lipinski definition) is 4. The number of nitrogens with one attached hydrogen (secondary N) is 2. The van der Waals surface area contributed by atoms with Crippen LogP contribution in [-0.4, -0.2) is 66.8 Å². The highest BCUT2D eigenvalue weighted by Crippen LogP contribution is 2.15. The lowest BCUT2D eigenvalue weighted by molar-refractivity contribution is -0.117. The molecule has 3 rings (SSSR count). The summed E-state index contributed by atoms with van der Waals surface area (Å²) in [6.45, 7) is 3.31. The zero-order chi connectivity index (χ0) is 20.5. The van der Waals surface area contributed by atoms with Gasteiger partial charge in [-0.15, -0.1) is 11.8 Å². The second kappa shape index (κ2) is 10.8. The predicted octanol–water partition coefficient (Wildman–Crippen LogP) is 2.88. The van der Waals surface area contributed by atoms with E-state index >= 15 is 0 Å². The summed E-state index contributed by atoms with van der Waals surface area (Å²) >= 11 is 1.71. The standard InChI is InChI=1S/C21H25FN4O2S/c22-17-6-8-18(9-7-17)24-20(27)16-25-11-13-26(14-12-25)21(28)23-10-15-29-19-4-2-1-3-5-19/h1-9H,10-16H2,(H,23,28)(H,24,27). The normalized spacial score (nSPS) is 14.4. The van der Waals surface area contributed by atoms with Crippen molar-refractivity contribution in [3.63, 3.8) is 0 Å². The molecule has 1 aliphatic rings. The van der Waals surface area contributed by atoms with Gasteiger partial charge in [0, 0.05) is 49.1 Å². The number of thioether (sulfide) groups is 1. The first-order valence-electron chi connectivity index (χ1n) is 9.58. The molecule has 1 aliphatic heterocycles. The van der Waals surface area contributed by atoms with Crippen molar-refractivity contribution in [2.75, 3.05) is 50.3 Å². The molecule has 0 radical (unpaired) electrons. The predicted molar refractivity (Wildman–Crippen MR) is 114 cm³/mol. The van der Waals surface area contributed by atoms with E-state index in [9.17, 15) is 14.0 Å². The van der Waals surface area contributed by atoms with Gasteiger partial charge in [-0.3, -0.25) is 9.69 Å². The van der Waals surface area contributed by atoms with Gasteiger partial charge >= 0.3 is 6.03 Å². The van der Waals surface area contributed by atoms with Crippen molar-refractivity contribution in [2.24, 2.45) is 0 Å². The number of carbonyl (C=O) groups is 2. The van der Waals surface area contributed by atoms with Crippen LogP contribution in [0.5, 0.6) is 0 Å². The second-order valence-corrected chi connectivity index (χ2v) is 7.88. The molecule has 0 aliphatic carbocycles. The molecule has 0 unspecified atom stereocenters. The van der Waals surface area contributed by atoms with Crippen LogP contribution in [-0.2, 0) is 4.79 Å². The smallest absolute Gasteiger partial charge is 0.317 e. The summed E-state index contributed by atoms with van der Waals surface area (Å²) in [6.07, 6.45) is 0. The van der Waals surface area contributed by atoms with Crippen molar-refractivity contribution in [1.29, 1.82) is 0 Å². The van der Waals surface area contributed by atoms with Gasteiger partial charge in [-0.2, -0.15) is 0 Å². The van der Waals surface area contributed by atoms with Crippen LogP contribution in [0.2, 0.25) is 0 Å². The molecular formula is C21H25FN4O2S. The quantitative estimate of drug-likeness (QED) is 0.538. The Balaban J connectivity index is 1.31. The van der Waals surface area contributed by atoms with Crippen molar-refractivity contribution in [3.05, 3.63) is 60.4 Å². The third kappa shape index (κ3) is 7.07. The van der Waals surface area contributed by atoms with Crippen molar-refractivity contribution in [3.8, 4) is 0 Å². The van der Waals surface area contributed by atoms with E-state index in [-0.39, 0.29) is 24.3 Å². The molecule has 0 spiro atoms. The Kier molecular flexibility index (Phi) is 7.89. The number of nitrogens with zero attached hydrogens (tertiary/aromatic N) is 2. The van der Waals surface area contributed by atoms with Crippen LogP contribution in [0.1, 0.15) is 0 Å². The summed E-state index contributed by atoms with van der Waals surface area (Å²) in [6, 6.07) is 15.7. The molecule has 1 fully saturated rings. The molecule has 0 saturated carbocycles. The minimum atomic E-state index is -0.337. The molecule has 154 valence electrons. The Hall–Kier alpha value is -2.58. The zero-order valence-corrected chi connectivity index (χ0v) is 17.0. The first kappa shape index (κ1) is 21.1. The van der Waals surface area contributed by atoms with E-state index in [4.69, 9.17) is 0 Å². The first-order valence-corrected chi connectivity index (χ1v) is 10.6. The van der Waals surface area contributed by atoms with Crippen LogP contribution in [0.3, 0.4) is 0 Å². The summed E-state index contributed by atoms with van der Waals surface area (Å²) in [7, 11) is 0. The van der Waals surface area contributed by atoms with Crippen LogP contribution >= 0.6 is 11.8 Å². The van der Waals surface area contributed by atoms with E-state index in [0.717, 1.165) is 5.75 Å². The minimum Gasteiger partial charge on any atom is -0.337 e. The SMILES string of the molecule is O=C(CN1CCN(C(=O)NCCSc2ccccc2)CC1)Nc1ccc(F)cc1. The number of piperazine rings is 1. The average Bonchev–Trinajstić information content (AvgIpc) is 2.74. The number of benzene rings is 2. The number of halogens is 1. The van der Waals surface area contributed by atoms with Crippen LogP contribution in [0, 0.1) is 5.82 Å². The lowest BCUT2D eigenvalue weighted by atomic mass is 10.3. The second-order valence-electron chi connectivity index (χ2n) is 6.71. The maximum absolute atomic E-state index is 12.9. The molecule has 8 heteroatoms. The van der Waals surface area contributed by atoms with Gasteiger partial charge in [0.1, 0.15) is 5.82 Å². The summed E-state index contributed by atoms with van der Waals surface area (Å²) in [4.78, 5) is 29.4. The molecule has 0 aromatic heterocycles. The first-order chi connectivity index (χ1) is 14.1. The van der Waals surface area contributed by atoms with Crippen LogP contribution in [0.15, 0.2) is 59.5 Å². The van der Waals surface area contributed by atoms with E-state index in [1.54, 1.807) is 16.7 Å². The fourth-order valence-corrected chi connectivity index (χ4v) is 3.79. The third-order valence-electron chi connectivity index (χ3n) is 4.54. The van der Waals surface area contributed by atoms with Gasteiger partial charge in [-0.25, -0.2) is 9.18 Å². The van der Waals surface area contributed by atoms with Crippen molar-refractivity contribution < 1.29 is 14.0 Å². The minimum absolute atomic E-state index is 0.0610. The van der Waals surface area contributed by atoms with Gasteiger partial charge in [0.05, 0.1) is 6.54 Å². The molecule has 1 heterocycles. The van der Waals surface area contributed by atoms with E-state index in [2.05, 4.69) is 22.8 Å². The van der Waals surface area contributed by atoms with Gasteiger partial charge in [0.15, 0.2) is 0 Å². The maximum atomic E-state index is 12.9. The Morgan fingerprint density at radius 2 is 1.66 bits per heavy atom. The Bertz CT molecular complexity index is 796. The summed E-state index contributed by atoms with van der Waals surface area (Å²) in [5.74, 6) is 0.336. The average molecular weight is 417 g/mol. The number of carbonyl (C=O) groups excluding carboxylic acids is 2. The van der Waals surface area contributed by atoms with Gasteiger partial charge in [0.25, 0.3) is 0 Å². The van der Waals surface area contributed by atoms with Gasteiger partial charge in [0.2, 0.25) is 5.91 Å². The number of anilines is 1. The Morgan fingerprint density at radius 1 is 0.966 bits per heavy atom. The monoisotopic (exact) mass is 416 g/mol. The fraction of sp³-hybridized carbons (Fsp3) is 0.333. The molecule has 0 bridgehead atoms. The highest BCUT2D eigenvalue weighted by Gasteiger charge is 2.22. The summed E-state index contributed by atoms with van der Waals surface area (Å²) < 4.78 is 12.9. The third-order valence-corrected chi connectivity index (χ3v) is 5.56. The highest BCUT2D eigenvalue weighted by molar-refractivity contribution is 7.99. The summed E-state index contributed by atoms with van der Waals surface area (Å²) in [5, 5.41) is 5.71. The van der Waals surface area contributed by atoms with Crippen LogP contribution in [0.25, 0.3) is 0 Å².